The number of nitrogens with two attached hydrogens (primary N) is 1. The topological polar surface area (TPSA) is 108 Å². The highest BCUT2D eigenvalue weighted by Crippen LogP contribution is 2.31. The molecule has 3 aromatic carbocycles. The van der Waals surface area contributed by atoms with E-state index in [-0.39, 0.29) is 25.0 Å². The lowest BCUT2D eigenvalue weighted by molar-refractivity contribution is -0.142. The molecule has 8 heteroatoms. The fraction of sp³-hybridized carbons (Fsp3) is 0.250. The van der Waals surface area contributed by atoms with Crippen molar-refractivity contribution in [2.24, 2.45) is 0 Å². The first-order chi connectivity index (χ1) is 17.4. The van der Waals surface area contributed by atoms with Crippen LogP contribution in [0, 0.1) is 0 Å². The Morgan fingerprint density at radius 3 is 2.67 bits per heavy atom. The predicted octanol–water partition coefficient (Wildman–Crippen LogP) is 5.43. The number of ether oxygens (including phenoxy) is 2. The van der Waals surface area contributed by atoms with Crippen LogP contribution in [-0.4, -0.2) is 32.3 Å². The molecular weight excluding hydrogens is 454 g/mol. The standard InChI is InChI=1S/C28H29N5O3/c1-4-35-27(34)15-20-7-5-6-8-26(20)36-16-24-21-13-18(10-12-25(21)33(32-24)17(2)3)19-9-11-22-23(14-19)31-28(29)30-22/h5-14,17H,4,15-16H2,1-3H3,(H3,29,30,31). The average molecular weight is 484 g/mol. The minimum Gasteiger partial charge on any atom is -0.487 e. The Labute approximate surface area is 209 Å². The Kier molecular flexibility index (Phi) is 6.33. The van der Waals surface area contributed by atoms with Crippen molar-refractivity contribution in [2.75, 3.05) is 12.3 Å². The summed E-state index contributed by atoms with van der Waals surface area (Å²) in [7, 11) is 0. The highest BCUT2D eigenvalue weighted by atomic mass is 16.5. The summed E-state index contributed by atoms with van der Waals surface area (Å²) in [4.78, 5) is 19.4. The average Bonchev–Trinajstić information content (AvgIpc) is 3.42. The molecule has 0 saturated carbocycles. The third-order valence-electron chi connectivity index (χ3n) is 6.08. The van der Waals surface area contributed by atoms with E-state index in [0.29, 0.717) is 18.3 Å². The Bertz CT molecular complexity index is 1550. The van der Waals surface area contributed by atoms with E-state index in [4.69, 9.17) is 20.3 Å². The molecule has 0 amide bonds. The van der Waals surface area contributed by atoms with Crippen LogP contribution in [0.15, 0.2) is 60.7 Å². The maximum absolute atomic E-state index is 12.0. The molecule has 5 rings (SSSR count). The summed E-state index contributed by atoms with van der Waals surface area (Å²) in [5.41, 5.74) is 12.3. The third kappa shape index (κ3) is 4.62. The van der Waals surface area contributed by atoms with E-state index in [1.807, 2.05) is 41.1 Å². The number of carbonyl (C=O) groups excluding carboxylic acids is 1. The van der Waals surface area contributed by atoms with Gasteiger partial charge in [-0.05, 0) is 62.2 Å². The number of aromatic amines is 1. The first-order valence-corrected chi connectivity index (χ1v) is 12.1. The van der Waals surface area contributed by atoms with Gasteiger partial charge in [-0.2, -0.15) is 5.10 Å². The van der Waals surface area contributed by atoms with Crippen LogP contribution in [0.5, 0.6) is 5.75 Å². The number of para-hydroxylation sites is 1. The second-order valence-corrected chi connectivity index (χ2v) is 8.95. The molecule has 0 bridgehead atoms. The third-order valence-corrected chi connectivity index (χ3v) is 6.08. The largest absolute Gasteiger partial charge is 0.487 e. The Morgan fingerprint density at radius 2 is 1.86 bits per heavy atom. The van der Waals surface area contributed by atoms with Crippen molar-refractivity contribution in [2.45, 2.75) is 39.8 Å². The first-order valence-electron chi connectivity index (χ1n) is 12.1. The minimum absolute atomic E-state index is 0.163. The summed E-state index contributed by atoms with van der Waals surface area (Å²) < 4.78 is 13.3. The molecule has 0 radical (unpaired) electrons. The van der Waals surface area contributed by atoms with Gasteiger partial charge in [0.2, 0.25) is 0 Å². The van der Waals surface area contributed by atoms with Crippen LogP contribution >= 0.6 is 0 Å². The summed E-state index contributed by atoms with van der Waals surface area (Å²) in [6.45, 7) is 6.64. The molecule has 5 aromatic rings. The number of nitrogens with zero attached hydrogens (tertiary/aromatic N) is 3. The number of aromatic nitrogens is 4. The Morgan fingerprint density at radius 1 is 1.08 bits per heavy atom. The number of hydrogen-bond acceptors (Lipinski definition) is 6. The summed E-state index contributed by atoms with van der Waals surface area (Å²) in [6, 6.07) is 20.1. The number of anilines is 1. The van der Waals surface area contributed by atoms with E-state index in [2.05, 4.69) is 48.1 Å². The zero-order valence-electron chi connectivity index (χ0n) is 20.6. The van der Waals surface area contributed by atoms with E-state index >= 15 is 0 Å². The van der Waals surface area contributed by atoms with Crippen molar-refractivity contribution >= 4 is 33.9 Å². The van der Waals surface area contributed by atoms with E-state index in [1.54, 1.807) is 6.92 Å². The van der Waals surface area contributed by atoms with Gasteiger partial charge in [0, 0.05) is 17.0 Å². The van der Waals surface area contributed by atoms with Crippen molar-refractivity contribution < 1.29 is 14.3 Å². The molecule has 0 unspecified atom stereocenters. The molecule has 8 nitrogen and oxygen atoms in total. The number of imidazole rings is 1. The maximum atomic E-state index is 12.0. The number of benzene rings is 3. The summed E-state index contributed by atoms with van der Waals surface area (Å²) >= 11 is 0. The monoisotopic (exact) mass is 483 g/mol. The Hall–Kier alpha value is -4.33. The van der Waals surface area contributed by atoms with Crippen molar-refractivity contribution in [1.29, 1.82) is 0 Å². The van der Waals surface area contributed by atoms with Crippen molar-refractivity contribution in [3.8, 4) is 16.9 Å². The lowest BCUT2D eigenvalue weighted by Gasteiger charge is -2.10. The molecule has 2 heterocycles. The SMILES string of the molecule is CCOC(=O)Cc1ccccc1OCc1nn(C(C)C)c2ccc(-c3ccc4nc(N)[nH]c4c3)cc12. The molecule has 0 fully saturated rings. The first kappa shape index (κ1) is 23.4. The molecule has 0 aliphatic carbocycles. The van der Waals surface area contributed by atoms with Gasteiger partial charge in [-0.1, -0.05) is 30.3 Å². The van der Waals surface area contributed by atoms with Crippen LogP contribution in [0.4, 0.5) is 5.95 Å². The maximum Gasteiger partial charge on any atom is 0.310 e. The number of nitrogens with one attached hydrogen (secondary N) is 1. The van der Waals surface area contributed by atoms with Gasteiger partial charge in [0.15, 0.2) is 5.95 Å². The van der Waals surface area contributed by atoms with Crippen molar-refractivity contribution in [1.82, 2.24) is 19.7 Å². The number of esters is 1. The molecular formula is C28H29N5O3. The highest BCUT2D eigenvalue weighted by molar-refractivity contribution is 5.89. The molecule has 3 N–H and O–H groups in total. The van der Waals surface area contributed by atoms with Gasteiger partial charge in [0.25, 0.3) is 0 Å². The molecule has 184 valence electrons. The van der Waals surface area contributed by atoms with E-state index in [1.165, 1.54) is 0 Å². The van der Waals surface area contributed by atoms with Crippen LogP contribution in [0.3, 0.4) is 0 Å². The number of carbonyl (C=O) groups is 1. The smallest absolute Gasteiger partial charge is 0.310 e. The van der Waals surface area contributed by atoms with Gasteiger partial charge >= 0.3 is 5.97 Å². The number of hydrogen-bond donors (Lipinski definition) is 2. The zero-order chi connectivity index (χ0) is 25.2. The van der Waals surface area contributed by atoms with E-state index in [9.17, 15) is 4.79 Å². The van der Waals surface area contributed by atoms with Gasteiger partial charge < -0.3 is 20.2 Å². The van der Waals surface area contributed by atoms with Crippen LogP contribution < -0.4 is 10.5 Å². The van der Waals surface area contributed by atoms with E-state index in [0.717, 1.165) is 44.3 Å². The molecule has 0 spiro atoms. The molecule has 0 atom stereocenters. The van der Waals surface area contributed by atoms with Crippen LogP contribution in [0.25, 0.3) is 33.1 Å². The van der Waals surface area contributed by atoms with Gasteiger partial charge in [-0.15, -0.1) is 0 Å². The lowest BCUT2D eigenvalue weighted by atomic mass is 10.0. The van der Waals surface area contributed by atoms with Gasteiger partial charge in [0.05, 0.1) is 29.6 Å². The van der Waals surface area contributed by atoms with Crippen LogP contribution in [-0.2, 0) is 22.6 Å². The van der Waals surface area contributed by atoms with Gasteiger partial charge in [-0.3, -0.25) is 9.48 Å². The minimum atomic E-state index is -0.274. The van der Waals surface area contributed by atoms with Gasteiger partial charge in [0.1, 0.15) is 18.1 Å². The molecule has 0 saturated heterocycles. The fourth-order valence-corrected chi connectivity index (χ4v) is 4.40. The molecule has 36 heavy (non-hydrogen) atoms. The number of rotatable bonds is 8. The Balaban J connectivity index is 1.48. The fourth-order valence-electron chi connectivity index (χ4n) is 4.40. The van der Waals surface area contributed by atoms with Crippen molar-refractivity contribution in [3.05, 3.63) is 71.9 Å². The second-order valence-electron chi connectivity index (χ2n) is 8.95. The zero-order valence-corrected chi connectivity index (χ0v) is 20.6. The molecule has 0 aliphatic rings. The molecule has 0 aliphatic heterocycles. The quantitative estimate of drug-likeness (QED) is 0.285. The van der Waals surface area contributed by atoms with Crippen LogP contribution in [0.1, 0.15) is 38.1 Å². The second kappa shape index (κ2) is 9.73. The lowest BCUT2D eigenvalue weighted by Crippen LogP contribution is -2.09. The highest BCUT2D eigenvalue weighted by Gasteiger charge is 2.16. The summed E-state index contributed by atoms with van der Waals surface area (Å²) in [5, 5.41) is 5.90. The van der Waals surface area contributed by atoms with Crippen LogP contribution in [0.2, 0.25) is 0 Å². The number of nitrogen functional groups attached to an aromatic ring is 1. The predicted molar refractivity (Wildman–Crippen MR) is 141 cm³/mol. The number of fused-ring (bicyclic) bond motifs is 2. The van der Waals surface area contributed by atoms with E-state index < -0.39 is 0 Å². The normalized spacial score (nSPS) is 11.4. The summed E-state index contributed by atoms with van der Waals surface area (Å²) in [5.74, 6) is 0.776. The molecule has 2 aromatic heterocycles. The summed E-state index contributed by atoms with van der Waals surface area (Å²) in [6.07, 6.45) is 0.163. The van der Waals surface area contributed by atoms with Crippen molar-refractivity contribution in [3.63, 3.8) is 0 Å². The van der Waals surface area contributed by atoms with Gasteiger partial charge in [-0.25, -0.2) is 4.98 Å². The number of H-pyrrole nitrogens is 1.